The van der Waals surface area contributed by atoms with Gasteiger partial charge in [-0.15, -0.1) is 0 Å². The number of hydrogen-bond donors (Lipinski definition) is 1. The van der Waals surface area contributed by atoms with E-state index in [1.807, 2.05) is 24.3 Å². The van der Waals surface area contributed by atoms with Gasteiger partial charge in [0.15, 0.2) is 11.5 Å². The summed E-state index contributed by atoms with van der Waals surface area (Å²) >= 11 is 0. The van der Waals surface area contributed by atoms with Crippen molar-refractivity contribution in [1.82, 2.24) is 20.0 Å². The van der Waals surface area contributed by atoms with Gasteiger partial charge in [0.05, 0.1) is 19.0 Å². The Balaban J connectivity index is 1.57. The van der Waals surface area contributed by atoms with Crippen LogP contribution in [0.2, 0.25) is 0 Å². The van der Waals surface area contributed by atoms with Gasteiger partial charge in [-0.1, -0.05) is 29.4 Å². The van der Waals surface area contributed by atoms with Gasteiger partial charge in [-0.2, -0.15) is 0 Å². The molecule has 8 nitrogen and oxygen atoms in total. The second kappa shape index (κ2) is 7.90. The van der Waals surface area contributed by atoms with Crippen LogP contribution in [0, 0.1) is 0 Å². The Labute approximate surface area is 167 Å². The first-order chi connectivity index (χ1) is 14.0. The maximum Gasteiger partial charge on any atom is 0.330 e. The predicted octanol–water partition coefficient (Wildman–Crippen LogP) is 2.39. The Morgan fingerprint density at radius 2 is 2.10 bits per heavy atom. The standard InChI is InChI=1S/C21H22N4O4/c1-13(2)28-21(27)17(11-25-10-9-22-12-25)23-20(26)18-16-8-7-14-5-3-4-6-15(14)19(16)29-24-18/h3-6,9-10,12-13,17H,7-8,11H2,1-2H3,(H,23,26)/t17-/m0/s1. The number of aromatic nitrogens is 3. The van der Waals surface area contributed by atoms with Gasteiger partial charge in [0.1, 0.15) is 6.04 Å². The lowest BCUT2D eigenvalue weighted by Gasteiger charge is -2.19. The molecule has 4 rings (SSSR count). The second-order valence-corrected chi connectivity index (χ2v) is 7.27. The Hall–Kier alpha value is -3.42. The Kier molecular flexibility index (Phi) is 5.16. The van der Waals surface area contributed by atoms with Crippen molar-refractivity contribution in [1.29, 1.82) is 0 Å². The van der Waals surface area contributed by atoms with Crippen LogP contribution in [0.25, 0.3) is 11.3 Å². The number of carbonyl (C=O) groups excluding carboxylic acids is 2. The lowest BCUT2D eigenvalue weighted by molar-refractivity contribution is -0.150. The monoisotopic (exact) mass is 394 g/mol. The molecule has 2 heterocycles. The van der Waals surface area contributed by atoms with Crippen LogP contribution in [0.3, 0.4) is 0 Å². The van der Waals surface area contributed by atoms with E-state index in [1.54, 1.807) is 37.1 Å². The van der Waals surface area contributed by atoms with Crippen molar-refractivity contribution in [2.75, 3.05) is 0 Å². The Bertz CT molecular complexity index is 1020. The zero-order chi connectivity index (χ0) is 20.4. The summed E-state index contributed by atoms with van der Waals surface area (Å²) < 4.78 is 12.5. The molecule has 8 heteroatoms. The SMILES string of the molecule is CC(C)OC(=O)[C@H](Cn1ccnc1)NC(=O)c1noc2c1CCc1ccccc1-2. The fourth-order valence-corrected chi connectivity index (χ4v) is 3.48. The zero-order valence-corrected chi connectivity index (χ0v) is 16.3. The smallest absolute Gasteiger partial charge is 0.330 e. The number of nitrogens with one attached hydrogen (secondary N) is 1. The Morgan fingerprint density at radius 3 is 2.86 bits per heavy atom. The van der Waals surface area contributed by atoms with Gasteiger partial charge in [0.2, 0.25) is 0 Å². The third-order valence-corrected chi connectivity index (χ3v) is 4.80. The molecule has 0 saturated heterocycles. The molecular formula is C21H22N4O4. The van der Waals surface area contributed by atoms with Crippen molar-refractivity contribution in [3.63, 3.8) is 0 Å². The fourth-order valence-electron chi connectivity index (χ4n) is 3.48. The Morgan fingerprint density at radius 1 is 1.28 bits per heavy atom. The minimum atomic E-state index is -0.873. The topological polar surface area (TPSA) is 99.2 Å². The van der Waals surface area contributed by atoms with Gasteiger partial charge in [0, 0.05) is 23.5 Å². The van der Waals surface area contributed by atoms with Crippen LogP contribution in [0.1, 0.15) is 35.5 Å². The molecule has 0 spiro atoms. The average Bonchev–Trinajstić information content (AvgIpc) is 3.36. The molecule has 1 atom stereocenters. The lowest BCUT2D eigenvalue weighted by Crippen LogP contribution is -2.45. The molecule has 0 radical (unpaired) electrons. The number of carbonyl (C=O) groups is 2. The zero-order valence-electron chi connectivity index (χ0n) is 16.3. The first-order valence-corrected chi connectivity index (χ1v) is 9.57. The number of rotatable bonds is 6. The van der Waals surface area contributed by atoms with E-state index >= 15 is 0 Å². The van der Waals surface area contributed by atoms with E-state index in [0.717, 1.165) is 17.5 Å². The van der Waals surface area contributed by atoms with Crippen LogP contribution in [0.5, 0.6) is 0 Å². The minimum absolute atomic E-state index is 0.209. The number of benzene rings is 1. The number of hydrogen-bond acceptors (Lipinski definition) is 6. The summed E-state index contributed by atoms with van der Waals surface area (Å²) in [6, 6.07) is 7.04. The van der Waals surface area contributed by atoms with Crippen molar-refractivity contribution in [2.24, 2.45) is 0 Å². The molecule has 2 aromatic heterocycles. The molecule has 1 N–H and O–H groups in total. The lowest BCUT2D eigenvalue weighted by atomic mass is 9.89. The third kappa shape index (κ3) is 3.91. The normalized spacial score (nSPS) is 13.5. The molecule has 0 bridgehead atoms. The summed E-state index contributed by atoms with van der Waals surface area (Å²) in [5, 5.41) is 6.76. The first-order valence-electron chi connectivity index (χ1n) is 9.57. The van der Waals surface area contributed by atoms with Crippen LogP contribution in [-0.4, -0.2) is 38.7 Å². The van der Waals surface area contributed by atoms with Gasteiger partial charge in [0.25, 0.3) is 5.91 Å². The molecule has 0 fully saturated rings. The highest BCUT2D eigenvalue weighted by molar-refractivity contribution is 5.97. The van der Waals surface area contributed by atoms with Crippen LogP contribution in [0.4, 0.5) is 0 Å². The molecule has 0 saturated carbocycles. The number of ether oxygens (including phenoxy) is 1. The summed E-state index contributed by atoms with van der Waals surface area (Å²) in [6.45, 7) is 3.74. The highest BCUT2D eigenvalue weighted by Gasteiger charge is 2.30. The number of nitrogens with zero attached hydrogens (tertiary/aromatic N) is 3. The highest BCUT2D eigenvalue weighted by atomic mass is 16.5. The van der Waals surface area contributed by atoms with Crippen molar-refractivity contribution < 1.29 is 18.8 Å². The summed E-state index contributed by atoms with van der Waals surface area (Å²) in [4.78, 5) is 29.4. The van der Waals surface area contributed by atoms with E-state index in [1.165, 1.54) is 5.56 Å². The highest BCUT2D eigenvalue weighted by Crippen LogP contribution is 2.35. The molecule has 1 aliphatic rings. The largest absolute Gasteiger partial charge is 0.461 e. The van der Waals surface area contributed by atoms with Crippen LogP contribution < -0.4 is 5.32 Å². The molecule has 150 valence electrons. The quantitative estimate of drug-likeness (QED) is 0.645. The van der Waals surface area contributed by atoms with Crippen molar-refractivity contribution in [3.05, 3.63) is 59.8 Å². The predicted molar refractivity (Wildman–Crippen MR) is 104 cm³/mol. The van der Waals surface area contributed by atoms with E-state index in [0.29, 0.717) is 12.2 Å². The first kappa shape index (κ1) is 18.9. The van der Waals surface area contributed by atoms with Gasteiger partial charge >= 0.3 is 5.97 Å². The summed E-state index contributed by atoms with van der Waals surface area (Å²) in [7, 11) is 0. The third-order valence-electron chi connectivity index (χ3n) is 4.80. The van der Waals surface area contributed by atoms with Gasteiger partial charge < -0.3 is 19.1 Å². The molecule has 0 unspecified atom stereocenters. The summed E-state index contributed by atoms with van der Waals surface area (Å²) in [5.74, 6) is -0.349. The molecule has 1 amide bonds. The van der Waals surface area contributed by atoms with Crippen molar-refractivity contribution in [2.45, 2.75) is 45.4 Å². The maximum atomic E-state index is 13.0. The number of amides is 1. The minimum Gasteiger partial charge on any atom is -0.461 e. The summed E-state index contributed by atoms with van der Waals surface area (Å²) in [6.07, 6.45) is 6.08. The van der Waals surface area contributed by atoms with Crippen LogP contribution >= 0.6 is 0 Å². The van der Waals surface area contributed by atoms with E-state index < -0.39 is 17.9 Å². The molecule has 0 aliphatic heterocycles. The van der Waals surface area contributed by atoms with Crippen LogP contribution in [-0.2, 0) is 28.9 Å². The van der Waals surface area contributed by atoms with E-state index in [9.17, 15) is 9.59 Å². The molecule has 3 aromatic rings. The molecular weight excluding hydrogens is 372 g/mol. The fraction of sp³-hybridized carbons (Fsp3) is 0.333. The van der Waals surface area contributed by atoms with E-state index in [-0.39, 0.29) is 18.3 Å². The number of imidazole rings is 1. The summed E-state index contributed by atoms with van der Waals surface area (Å²) in [5.41, 5.74) is 3.10. The van der Waals surface area contributed by atoms with E-state index in [4.69, 9.17) is 9.26 Å². The van der Waals surface area contributed by atoms with Crippen LogP contribution in [0.15, 0.2) is 47.5 Å². The number of fused-ring (bicyclic) bond motifs is 3. The van der Waals surface area contributed by atoms with Crippen molar-refractivity contribution >= 4 is 11.9 Å². The second-order valence-electron chi connectivity index (χ2n) is 7.27. The number of aryl methyl sites for hydroxylation is 1. The molecule has 1 aliphatic carbocycles. The maximum absolute atomic E-state index is 13.0. The van der Waals surface area contributed by atoms with E-state index in [2.05, 4.69) is 15.5 Å². The van der Waals surface area contributed by atoms with Gasteiger partial charge in [-0.05, 0) is 32.3 Å². The molecule has 29 heavy (non-hydrogen) atoms. The molecule has 1 aromatic carbocycles. The van der Waals surface area contributed by atoms with Crippen molar-refractivity contribution in [3.8, 4) is 11.3 Å². The van der Waals surface area contributed by atoms with Gasteiger partial charge in [-0.25, -0.2) is 9.78 Å². The van der Waals surface area contributed by atoms with Gasteiger partial charge in [-0.3, -0.25) is 4.79 Å². The average molecular weight is 394 g/mol. The number of esters is 1.